The summed E-state index contributed by atoms with van der Waals surface area (Å²) in [7, 11) is 0.191. The highest BCUT2D eigenvalue weighted by Gasteiger charge is 2.15. The highest BCUT2D eigenvalue weighted by molar-refractivity contribution is 7.96. The normalized spacial score (nSPS) is 9.93. The molecule has 1 aromatic carbocycles. The molecule has 3 heteroatoms. The van der Waals surface area contributed by atoms with Gasteiger partial charge in [-0.15, -0.1) is 0 Å². The summed E-state index contributed by atoms with van der Waals surface area (Å²) in [6.07, 6.45) is 4.20. The lowest BCUT2D eigenvalue weighted by atomic mass is 10.0. The Balaban J connectivity index is 0.00000196. The molecule has 0 radical (unpaired) electrons. The molecule has 0 N–H and O–H groups in total. The molecule has 0 atom stereocenters. The summed E-state index contributed by atoms with van der Waals surface area (Å²) in [6.45, 7) is 4.05. The summed E-state index contributed by atoms with van der Waals surface area (Å²) < 4.78 is 0. The van der Waals surface area contributed by atoms with Crippen molar-refractivity contribution in [3.8, 4) is 0 Å². The van der Waals surface area contributed by atoms with E-state index in [1.165, 1.54) is 5.56 Å². The lowest BCUT2D eigenvalue weighted by molar-refractivity contribution is -0.0000112. The van der Waals surface area contributed by atoms with Gasteiger partial charge in [-0.25, -0.2) is 0 Å². The van der Waals surface area contributed by atoms with Crippen molar-refractivity contribution in [1.29, 1.82) is 0 Å². The second kappa shape index (κ2) is 6.33. The van der Waals surface area contributed by atoms with Crippen molar-refractivity contribution in [1.82, 2.24) is 0 Å². The fourth-order valence-corrected chi connectivity index (χ4v) is 2.15. The van der Waals surface area contributed by atoms with E-state index in [0.29, 0.717) is 5.75 Å². The zero-order valence-electron chi connectivity index (χ0n) is 9.63. The molecule has 0 amide bonds. The van der Waals surface area contributed by atoms with Crippen LogP contribution in [-0.4, -0.2) is 24.0 Å². The number of Topliss-reactive ketones (excluding diaryl/α,β-unsaturated/α-hetero) is 1. The minimum Gasteiger partial charge on any atom is -1.00 e. The molecule has 0 heterocycles. The molecule has 1 rings (SSSR count). The van der Waals surface area contributed by atoms with Gasteiger partial charge >= 0.3 is 0 Å². The van der Waals surface area contributed by atoms with E-state index >= 15 is 0 Å². The molecule has 84 valence electrons. The Kier molecular flexibility index (Phi) is 6.22. The van der Waals surface area contributed by atoms with Crippen LogP contribution in [0.25, 0.3) is 0 Å². The Labute approximate surface area is 105 Å². The van der Waals surface area contributed by atoms with Crippen molar-refractivity contribution >= 4 is 16.7 Å². The van der Waals surface area contributed by atoms with Crippen LogP contribution in [0.15, 0.2) is 18.2 Å². The lowest BCUT2D eigenvalue weighted by Gasteiger charge is -2.04. The third-order valence-electron chi connectivity index (χ3n) is 2.10. The van der Waals surface area contributed by atoms with E-state index in [4.69, 9.17) is 0 Å². The molecule has 1 nitrogen and oxygen atoms in total. The van der Waals surface area contributed by atoms with Crippen molar-refractivity contribution in [3.05, 3.63) is 34.9 Å². The van der Waals surface area contributed by atoms with Crippen LogP contribution >= 0.6 is 0 Å². The van der Waals surface area contributed by atoms with E-state index in [9.17, 15) is 4.79 Å². The average Bonchev–Trinajstić information content (AvgIpc) is 2.01. The summed E-state index contributed by atoms with van der Waals surface area (Å²) in [5, 5.41) is 0. The Morgan fingerprint density at radius 3 is 2.33 bits per heavy atom. The Morgan fingerprint density at radius 1 is 1.27 bits per heavy atom. The topological polar surface area (TPSA) is 17.1 Å². The van der Waals surface area contributed by atoms with Crippen LogP contribution in [0.5, 0.6) is 0 Å². The fraction of sp³-hybridized carbons (Fsp3) is 0.417. The Hall–Kier alpha value is -0.280. The Morgan fingerprint density at radius 2 is 1.87 bits per heavy atom. The lowest BCUT2D eigenvalue weighted by Crippen LogP contribution is -3.00. The quantitative estimate of drug-likeness (QED) is 0.535. The summed E-state index contributed by atoms with van der Waals surface area (Å²) in [5.41, 5.74) is 3.20. The fourth-order valence-electron chi connectivity index (χ4n) is 1.47. The first-order valence-electron chi connectivity index (χ1n) is 4.65. The van der Waals surface area contributed by atoms with E-state index < -0.39 is 0 Å². The standard InChI is InChI=1S/C12H17OS.BrH/c1-9-5-6-11(10(2)7-9)12(13)8-14(3)4;/h5-7H,8H2,1-4H3;1H/q+1;/p-1. The van der Waals surface area contributed by atoms with E-state index in [-0.39, 0.29) is 33.7 Å². The smallest absolute Gasteiger partial charge is 0.212 e. The first-order valence-corrected chi connectivity index (χ1v) is 6.86. The van der Waals surface area contributed by atoms with Gasteiger partial charge in [-0.3, -0.25) is 4.79 Å². The van der Waals surface area contributed by atoms with Crippen LogP contribution in [0.2, 0.25) is 0 Å². The van der Waals surface area contributed by atoms with Crippen molar-refractivity contribution in [3.63, 3.8) is 0 Å². The number of rotatable bonds is 3. The molecule has 0 aliphatic heterocycles. The molecule has 0 saturated heterocycles. The monoisotopic (exact) mass is 288 g/mol. The van der Waals surface area contributed by atoms with Gasteiger partial charge in [0, 0.05) is 5.56 Å². The SMILES string of the molecule is Cc1ccc(C(=O)C[S+](C)C)c(C)c1.[Br-]. The maximum Gasteiger partial charge on any atom is 0.212 e. The molecule has 0 aliphatic carbocycles. The largest absolute Gasteiger partial charge is 1.00 e. The zero-order valence-corrected chi connectivity index (χ0v) is 12.0. The van der Waals surface area contributed by atoms with Gasteiger partial charge in [0.1, 0.15) is 0 Å². The minimum atomic E-state index is 0. The van der Waals surface area contributed by atoms with Crippen LogP contribution in [0, 0.1) is 13.8 Å². The van der Waals surface area contributed by atoms with Crippen molar-refractivity contribution in [2.24, 2.45) is 0 Å². The van der Waals surface area contributed by atoms with Crippen LogP contribution in [0.3, 0.4) is 0 Å². The summed E-state index contributed by atoms with van der Waals surface area (Å²) in [6, 6.07) is 6.01. The first kappa shape index (κ1) is 14.7. The molecule has 0 bridgehead atoms. The van der Waals surface area contributed by atoms with E-state index in [0.717, 1.165) is 11.1 Å². The Bertz CT molecular complexity index is 347. The van der Waals surface area contributed by atoms with Crippen molar-refractivity contribution in [2.75, 3.05) is 18.3 Å². The van der Waals surface area contributed by atoms with E-state index in [2.05, 4.69) is 18.6 Å². The molecule has 0 fully saturated rings. The predicted octanol–water partition coefficient (Wildman–Crippen LogP) is -0.632. The summed E-state index contributed by atoms with van der Waals surface area (Å²) in [5.74, 6) is 0.944. The number of hydrogen-bond acceptors (Lipinski definition) is 1. The maximum absolute atomic E-state index is 11.8. The van der Waals surface area contributed by atoms with Gasteiger partial charge in [-0.05, 0) is 30.3 Å². The summed E-state index contributed by atoms with van der Waals surface area (Å²) >= 11 is 0. The average molecular weight is 289 g/mol. The van der Waals surface area contributed by atoms with Crippen LogP contribution in [0.1, 0.15) is 21.5 Å². The van der Waals surface area contributed by atoms with Gasteiger partial charge in [0.05, 0.1) is 12.5 Å². The minimum absolute atomic E-state index is 0. The number of halogens is 1. The van der Waals surface area contributed by atoms with Crippen LogP contribution in [0.4, 0.5) is 0 Å². The maximum atomic E-state index is 11.8. The molecular formula is C12H17BrOS. The number of aryl methyl sites for hydroxylation is 2. The molecule has 0 unspecified atom stereocenters. The van der Waals surface area contributed by atoms with Crippen LogP contribution < -0.4 is 17.0 Å². The third kappa shape index (κ3) is 4.39. The highest BCUT2D eigenvalue weighted by atomic mass is 79.9. The first-order chi connectivity index (χ1) is 6.50. The van der Waals surface area contributed by atoms with Gasteiger partial charge in [-0.1, -0.05) is 23.8 Å². The number of hydrogen-bond donors (Lipinski definition) is 0. The van der Waals surface area contributed by atoms with Crippen LogP contribution in [-0.2, 0) is 10.9 Å². The van der Waals surface area contributed by atoms with Gasteiger partial charge < -0.3 is 17.0 Å². The molecule has 1 aromatic rings. The second-order valence-electron chi connectivity index (χ2n) is 3.87. The van der Waals surface area contributed by atoms with Crippen molar-refractivity contribution in [2.45, 2.75) is 13.8 Å². The van der Waals surface area contributed by atoms with Gasteiger partial charge in [-0.2, -0.15) is 0 Å². The van der Waals surface area contributed by atoms with Gasteiger partial charge in [0.15, 0.2) is 5.75 Å². The summed E-state index contributed by atoms with van der Waals surface area (Å²) in [4.78, 5) is 11.8. The number of carbonyl (C=O) groups excluding carboxylic acids is 1. The van der Waals surface area contributed by atoms with Gasteiger partial charge in [0.2, 0.25) is 5.78 Å². The number of carbonyl (C=O) groups is 1. The zero-order chi connectivity index (χ0) is 10.7. The molecular weight excluding hydrogens is 272 g/mol. The molecule has 0 spiro atoms. The number of benzene rings is 1. The van der Waals surface area contributed by atoms with E-state index in [1.807, 2.05) is 26.0 Å². The molecule has 0 saturated carbocycles. The van der Waals surface area contributed by atoms with Crippen molar-refractivity contribution < 1.29 is 21.8 Å². The molecule has 0 aromatic heterocycles. The third-order valence-corrected chi connectivity index (χ3v) is 2.94. The molecule has 15 heavy (non-hydrogen) atoms. The highest BCUT2D eigenvalue weighted by Crippen LogP contribution is 2.11. The molecule has 0 aliphatic rings. The van der Waals surface area contributed by atoms with Gasteiger partial charge in [0.25, 0.3) is 0 Å². The number of ketones is 1. The van der Waals surface area contributed by atoms with E-state index in [1.54, 1.807) is 0 Å². The second-order valence-corrected chi connectivity index (χ2v) is 6.13. The predicted molar refractivity (Wildman–Crippen MR) is 64.3 cm³/mol.